The molecule has 0 aliphatic heterocycles. The third-order valence-electron chi connectivity index (χ3n) is 5.91. The van der Waals surface area contributed by atoms with E-state index in [0.29, 0.717) is 18.7 Å². The van der Waals surface area contributed by atoms with Crippen molar-refractivity contribution in [3.63, 3.8) is 0 Å². The van der Waals surface area contributed by atoms with Crippen LogP contribution in [0.2, 0.25) is 0 Å². The zero-order valence-electron chi connectivity index (χ0n) is 18.9. The molecule has 1 saturated carbocycles. The number of hydrogen-bond donors (Lipinski definition) is 1. The monoisotopic (exact) mass is 422 g/mol. The molecule has 0 bridgehead atoms. The van der Waals surface area contributed by atoms with Crippen molar-refractivity contribution in [3.8, 4) is 5.75 Å². The Balaban J connectivity index is 1.75. The first-order valence-electron chi connectivity index (χ1n) is 11.3. The van der Waals surface area contributed by atoms with Gasteiger partial charge in [-0.3, -0.25) is 9.59 Å². The predicted molar refractivity (Wildman–Crippen MR) is 123 cm³/mol. The zero-order valence-corrected chi connectivity index (χ0v) is 18.9. The van der Waals surface area contributed by atoms with Gasteiger partial charge in [-0.1, -0.05) is 67.3 Å². The highest BCUT2D eigenvalue weighted by molar-refractivity contribution is 5.88. The van der Waals surface area contributed by atoms with Gasteiger partial charge in [0.25, 0.3) is 5.91 Å². The van der Waals surface area contributed by atoms with E-state index in [-0.39, 0.29) is 24.5 Å². The van der Waals surface area contributed by atoms with E-state index in [4.69, 9.17) is 4.74 Å². The number of aryl methyl sites for hydroxylation is 2. The number of ether oxygens (including phenoxy) is 1. The summed E-state index contributed by atoms with van der Waals surface area (Å²) in [7, 11) is 0. The molecular weight excluding hydrogens is 388 g/mol. The number of nitrogens with one attached hydrogen (secondary N) is 1. The summed E-state index contributed by atoms with van der Waals surface area (Å²) in [6.07, 6.45) is 4.89. The third-order valence-corrected chi connectivity index (χ3v) is 5.91. The van der Waals surface area contributed by atoms with Gasteiger partial charge in [0.05, 0.1) is 0 Å². The van der Waals surface area contributed by atoms with E-state index in [0.717, 1.165) is 42.4 Å². The predicted octanol–water partition coefficient (Wildman–Crippen LogP) is 4.55. The lowest BCUT2D eigenvalue weighted by atomic mass is 10.1. The van der Waals surface area contributed by atoms with Crippen LogP contribution in [0, 0.1) is 13.8 Å². The maximum absolute atomic E-state index is 13.2. The first-order chi connectivity index (χ1) is 15.0. The summed E-state index contributed by atoms with van der Waals surface area (Å²) in [5, 5.41) is 3.17. The molecule has 1 N–H and O–H groups in total. The van der Waals surface area contributed by atoms with Crippen LogP contribution in [-0.2, 0) is 16.1 Å². The number of carbonyl (C=O) groups is 2. The number of carbonyl (C=O) groups excluding carboxylic acids is 2. The summed E-state index contributed by atoms with van der Waals surface area (Å²) in [4.78, 5) is 28.0. The van der Waals surface area contributed by atoms with Crippen molar-refractivity contribution in [1.82, 2.24) is 10.2 Å². The molecule has 166 valence electrons. The van der Waals surface area contributed by atoms with Crippen molar-refractivity contribution in [2.45, 2.75) is 71.5 Å². The van der Waals surface area contributed by atoms with Gasteiger partial charge >= 0.3 is 0 Å². The van der Waals surface area contributed by atoms with Crippen molar-refractivity contribution in [1.29, 1.82) is 0 Å². The lowest BCUT2D eigenvalue weighted by Gasteiger charge is -2.31. The largest absolute Gasteiger partial charge is 0.484 e. The molecule has 2 amide bonds. The average molecular weight is 423 g/mol. The SMILES string of the molecule is CC[C@H](C(=O)NC1CCCC1)N(Cc1cccc(C)c1)C(=O)COc1ccc(C)cc1. The van der Waals surface area contributed by atoms with Crippen LogP contribution < -0.4 is 10.1 Å². The first kappa shape index (κ1) is 22.9. The number of rotatable bonds is 9. The van der Waals surface area contributed by atoms with Crippen LogP contribution in [0.25, 0.3) is 0 Å². The molecule has 1 aliphatic carbocycles. The van der Waals surface area contributed by atoms with Crippen molar-refractivity contribution >= 4 is 11.8 Å². The van der Waals surface area contributed by atoms with E-state index in [1.807, 2.05) is 63.2 Å². The van der Waals surface area contributed by atoms with Gasteiger partial charge in [0.2, 0.25) is 5.91 Å². The molecule has 1 aliphatic rings. The standard InChI is InChI=1S/C26H34N2O3/c1-4-24(26(30)27-22-10-5-6-11-22)28(17-21-9-7-8-20(3)16-21)25(29)18-31-23-14-12-19(2)13-15-23/h7-9,12-16,22,24H,4-6,10-11,17-18H2,1-3H3,(H,27,30)/t24-/m1/s1. The van der Waals surface area contributed by atoms with Gasteiger partial charge in [-0.05, 0) is 50.8 Å². The quantitative estimate of drug-likeness (QED) is 0.645. The second-order valence-corrected chi connectivity index (χ2v) is 8.53. The Kier molecular flexibility index (Phi) is 8.10. The molecule has 5 heteroatoms. The van der Waals surface area contributed by atoms with Crippen LogP contribution in [0.5, 0.6) is 5.75 Å². The fourth-order valence-electron chi connectivity index (χ4n) is 4.16. The number of benzene rings is 2. The molecule has 2 aromatic rings. The van der Waals surface area contributed by atoms with Crippen molar-refractivity contribution in [3.05, 3.63) is 65.2 Å². The van der Waals surface area contributed by atoms with Crippen molar-refractivity contribution in [2.75, 3.05) is 6.61 Å². The number of nitrogens with zero attached hydrogens (tertiary/aromatic N) is 1. The lowest BCUT2D eigenvalue weighted by molar-refractivity contribution is -0.143. The van der Waals surface area contributed by atoms with Crippen LogP contribution in [0.4, 0.5) is 0 Å². The minimum atomic E-state index is -0.518. The molecule has 31 heavy (non-hydrogen) atoms. The maximum Gasteiger partial charge on any atom is 0.261 e. The Morgan fingerprint density at radius 3 is 2.42 bits per heavy atom. The highest BCUT2D eigenvalue weighted by Crippen LogP contribution is 2.20. The molecule has 1 fully saturated rings. The second-order valence-electron chi connectivity index (χ2n) is 8.53. The molecular formula is C26H34N2O3. The van der Waals surface area contributed by atoms with E-state index >= 15 is 0 Å². The summed E-state index contributed by atoms with van der Waals surface area (Å²) < 4.78 is 5.75. The third kappa shape index (κ3) is 6.58. The van der Waals surface area contributed by atoms with E-state index in [1.165, 1.54) is 0 Å². The molecule has 3 rings (SSSR count). The Hall–Kier alpha value is -2.82. The normalized spacial score (nSPS) is 14.8. The van der Waals surface area contributed by atoms with Crippen LogP contribution in [0.15, 0.2) is 48.5 Å². The molecule has 0 aromatic heterocycles. The molecule has 2 aromatic carbocycles. The smallest absolute Gasteiger partial charge is 0.261 e. The van der Waals surface area contributed by atoms with Gasteiger partial charge < -0.3 is 15.0 Å². The van der Waals surface area contributed by atoms with E-state index < -0.39 is 6.04 Å². The number of amides is 2. The summed E-state index contributed by atoms with van der Waals surface area (Å²) in [6, 6.07) is 15.4. The molecule has 1 atom stereocenters. The van der Waals surface area contributed by atoms with Crippen LogP contribution in [0.1, 0.15) is 55.7 Å². The van der Waals surface area contributed by atoms with E-state index in [9.17, 15) is 9.59 Å². The Morgan fingerprint density at radius 2 is 1.77 bits per heavy atom. The first-order valence-corrected chi connectivity index (χ1v) is 11.3. The van der Waals surface area contributed by atoms with Crippen LogP contribution in [-0.4, -0.2) is 35.4 Å². The number of hydrogen-bond acceptors (Lipinski definition) is 3. The van der Waals surface area contributed by atoms with E-state index in [2.05, 4.69) is 11.4 Å². The molecule has 0 heterocycles. The average Bonchev–Trinajstić information content (AvgIpc) is 3.26. The topological polar surface area (TPSA) is 58.6 Å². The van der Waals surface area contributed by atoms with Gasteiger partial charge in [-0.25, -0.2) is 0 Å². The van der Waals surface area contributed by atoms with Crippen molar-refractivity contribution in [2.24, 2.45) is 0 Å². The molecule has 0 unspecified atom stereocenters. The minimum absolute atomic E-state index is 0.0641. The Bertz CT molecular complexity index is 872. The van der Waals surface area contributed by atoms with Gasteiger partial charge in [0.1, 0.15) is 11.8 Å². The van der Waals surface area contributed by atoms with Crippen LogP contribution >= 0.6 is 0 Å². The maximum atomic E-state index is 13.2. The lowest BCUT2D eigenvalue weighted by Crippen LogP contribution is -2.52. The minimum Gasteiger partial charge on any atom is -0.484 e. The highest BCUT2D eigenvalue weighted by atomic mass is 16.5. The summed E-state index contributed by atoms with van der Waals surface area (Å²) >= 11 is 0. The Labute approximate surface area is 185 Å². The van der Waals surface area contributed by atoms with Gasteiger partial charge in [0.15, 0.2) is 6.61 Å². The molecule has 0 saturated heterocycles. The van der Waals surface area contributed by atoms with Gasteiger partial charge in [-0.15, -0.1) is 0 Å². The van der Waals surface area contributed by atoms with Crippen molar-refractivity contribution < 1.29 is 14.3 Å². The van der Waals surface area contributed by atoms with Crippen LogP contribution in [0.3, 0.4) is 0 Å². The summed E-state index contributed by atoms with van der Waals surface area (Å²) in [5.74, 6) is 0.402. The molecule has 0 spiro atoms. The fraction of sp³-hybridized carbons (Fsp3) is 0.462. The fourth-order valence-corrected chi connectivity index (χ4v) is 4.16. The van der Waals surface area contributed by atoms with Gasteiger partial charge in [-0.2, -0.15) is 0 Å². The van der Waals surface area contributed by atoms with E-state index in [1.54, 1.807) is 4.90 Å². The molecule has 5 nitrogen and oxygen atoms in total. The summed E-state index contributed by atoms with van der Waals surface area (Å²) in [5.41, 5.74) is 3.27. The van der Waals surface area contributed by atoms with Gasteiger partial charge in [0, 0.05) is 12.6 Å². The highest BCUT2D eigenvalue weighted by Gasteiger charge is 2.30. The Morgan fingerprint density at radius 1 is 1.06 bits per heavy atom. The zero-order chi connectivity index (χ0) is 22.2. The second kappa shape index (κ2) is 11.0. The summed E-state index contributed by atoms with van der Waals surface area (Å²) in [6.45, 7) is 6.28. The molecule has 0 radical (unpaired) electrons.